The van der Waals surface area contributed by atoms with Crippen molar-refractivity contribution in [3.05, 3.63) is 33.9 Å². The summed E-state index contributed by atoms with van der Waals surface area (Å²) < 4.78 is 0. The zero-order valence-corrected chi connectivity index (χ0v) is 12.1. The van der Waals surface area contributed by atoms with E-state index in [1.807, 2.05) is 21.0 Å². The first-order valence-corrected chi connectivity index (χ1v) is 6.73. The molecule has 0 bridgehead atoms. The van der Waals surface area contributed by atoms with Gasteiger partial charge in [-0.2, -0.15) is 0 Å². The number of likely N-dealkylation sites (N-methyl/N-ethyl adjacent to an activating group) is 1. The van der Waals surface area contributed by atoms with Crippen molar-refractivity contribution in [1.82, 2.24) is 4.90 Å². The van der Waals surface area contributed by atoms with Gasteiger partial charge in [0, 0.05) is 37.0 Å². The van der Waals surface area contributed by atoms with E-state index in [0.717, 1.165) is 24.2 Å². The topological polar surface area (TPSA) is 69.8 Å². The lowest BCUT2D eigenvalue weighted by Crippen LogP contribution is -2.37. The van der Waals surface area contributed by atoms with Crippen LogP contribution in [-0.2, 0) is 0 Å². The third kappa shape index (κ3) is 3.08. The molecule has 0 saturated carbocycles. The van der Waals surface area contributed by atoms with Crippen LogP contribution in [0.4, 0.5) is 11.4 Å². The number of benzene rings is 1. The van der Waals surface area contributed by atoms with Gasteiger partial charge in [-0.3, -0.25) is 10.1 Å². The van der Waals surface area contributed by atoms with Crippen LogP contribution in [0.5, 0.6) is 0 Å². The van der Waals surface area contributed by atoms with Gasteiger partial charge in [-0.15, -0.1) is 0 Å². The Kier molecular flexibility index (Phi) is 4.25. The fourth-order valence-corrected chi connectivity index (χ4v) is 2.86. The van der Waals surface area contributed by atoms with E-state index in [9.17, 15) is 15.2 Å². The molecule has 1 N–H and O–H groups in total. The van der Waals surface area contributed by atoms with Crippen LogP contribution in [0, 0.1) is 17.0 Å². The Bertz CT molecular complexity index is 504. The molecule has 0 spiro atoms. The highest BCUT2D eigenvalue weighted by atomic mass is 16.6. The molecule has 2 atom stereocenters. The molecule has 1 aromatic carbocycles. The number of nitro benzene ring substituents is 1. The number of aliphatic hydroxyl groups excluding tert-OH is 1. The van der Waals surface area contributed by atoms with Crippen LogP contribution in [-0.4, -0.2) is 54.3 Å². The van der Waals surface area contributed by atoms with Crippen molar-refractivity contribution in [3.63, 3.8) is 0 Å². The van der Waals surface area contributed by atoms with Crippen LogP contribution in [0.1, 0.15) is 12.0 Å². The normalized spacial score (nSPS) is 22.6. The molecule has 1 aliphatic heterocycles. The smallest absolute Gasteiger partial charge is 0.269 e. The van der Waals surface area contributed by atoms with Gasteiger partial charge in [0.2, 0.25) is 0 Å². The van der Waals surface area contributed by atoms with Crippen LogP contribution in [0.3, 0.4) is 0 Å². The molecular weight excluding hydrogens is 258 g/mol. The van der Waals surface area contributed by atoms with Gasteiger partial charge in [0.1, 0.15) is 0 Å². The van der Waals surface area contributed by atoms with E-state index in [1.54, 1.807) is 12.1 Å². The Balaban J connectivity index is 2.27. The predicted molar refractivity (Wildman–Crippen MR) is 78.1 cm³/mol. The van der Waals surface area contributed by atoms with Gasteiger partial charge in [-0.05, 0) is 39.1 Å². The number of anilines is 1. The predicted octanol–water partition coefficient (Wildman–Crippen LogP) is 1.40. The molecule has 0 aromatic heterocycles. The number of β-amino-alcohol motifs (C(OH)–C–C–N with tert-alkyl or cyclic N) is 1. The summed E-state index contributed by atoms with van der Waals surface area (Å²) in [7, 11) is 4.01. The van der Waals surface area contributed by atoms with E-state index < -0.39 is 0 Å². The van der Waals surface area contributed by atoms with Crippen molar-refractivity contribution in [2.24, 2.45) is 0 Å². The van der Waals surface area contributed by atoms with Crippen LogP contribution >= 0.6 is 0 Å². The first kappa shape index (κ1) is 14.7. The molecule has 1 saturated heterocycles. The fraction of sp³-hybridized carbons (Fsp3) is 0.571. The standard InChI is InChI=1S/C14H21N3O3/c1-10-6-11(17(19)20)4-5-14(10)16-9-13(18)7-12(16)8-15(2)3/h4-6,12-13,18H,7-9H2,1-3H3. The molecule has 2 unspecified atom stereocenters. The summed E-state index contributed by atoms with van der Waals surface area (Å²) in [5.41, 5.74) is 1.95. The van der Waals surface area contributed by atoms with Gasteiger partial charge in [0.15, 0.2) is 0 Å². The number of aryl methyl sites for hydroxylation is 1. The first-order chi connectivity index (χ1) is 9.38. The Morgan fingerprint density at radius 2 is 2.20 bits per heavy atom. The number of hydrogen-bond donors (Lipinski definition) is 1. The highest BCUT2D eigenvalue weighted by Crippen LogP contribution is 2.31. The maximum Gasteiger partial charge on any atom is 0.269 e. The SMILES string of the molecule is Cc1cc([N+](=O)[O-])ccc1N1CC(O)CC1CN(C)C. The number of nitrogens with zero attached hydrogens (tertiary/aromatic N) is 3. The maximum absolute atomic E-state index is 10.8. The Labute approximate surface area is 118 Å². The highest BCUT2D eigenvalue weighted by Gasteiger charge is 2.32. The van der Waals surface area contributed by atoms with Crippen LogP contribution < -0.4 is 4.90 Å². The Hall–Kier alpha value is -1.66. The molecule has 0 amide bonds. The summed E-state index contributed by atoms with van der Waals surface area (Å²) in [6, 6.07) is 5.14. The largest absolute Gasteiger partial charge is 0.391 e. The van der Waals surface area contributed by atoms with E-state index in [-0.39, 0.29) is 22.8 Å². The minimum atomic E-state index is -0.382. The monoisotopic (exact) mass is 279 g/mol. The minimum absolute atomic E-state index is 0.107. The first-order valence-electron chi connectivity index (χ1n) is 6.73. The molecular formula is C14H21N3O3. The third-order valence-electron chi connectivity index (χ3n) is 3.67. The summed E-state index contributed by atoms with van der Waals surface area (Å²) in [5, 5.41) is 20.7. The number of non-ortho nitro benzene ring substituents is 1. The second-order valence-electron chi connectivity index (χ2n) is 5.69. The summed E-state index contributed by atoms with van der Waals surface area (Å²) in [6.07, 6.45) is 0.392. The summed E-state index contributed by atoms with van der Waals surface area (Å²) >= 11 is 0. The molecule has 1 aliphatic rings. The van der Waals surface area contributed by atoms with Gasteiger partial charge >= 0.3 is 0 Å². The van der Waals surface area contributed by atoms with Crippen molar-refractivity contribution in [2.75, 3.05) is 32.1 Å². The number of rotatable bonds is 4. The minimum Gasteiger partial charge on any atom is -0.391 e. The van der Waals surface area contributed by atoms with Gasteiger partial charge < -0.3 is 14.9 Å². The van der Waals surface area contributed by atoms with E-state index in [1.165, 1.54) is 6.07 Å². The number of hydrogen-bond acceptors (Lipinski definition) is 5. The molecule has 2 rings (SSSR count). The van der Waals surface area contributed by atoms with Gasteiger partial charge in [0.25, 0.3) is 5.69 Å². The lowest BCUT2D eigenvalue weighted by Gasteiger charge is -2.29. The molecule has 110 valence electrons. The van der Waals surface area contributed by atoms with Crippen LogP contribution in [0.15, 0.2) is 18.2 Å². The van der Waals surface area contributed by atoms with Crippen molar-refractivity contribution in [1.29, 1.82) is 0 Å². The van der Waals surface area contributed by atoms with Crippen molar-refractivity contribution >= 4 is 11.4 Å². The van der Waals surface area contributed by atoms with E-state index >= 15 is 0 Å². The molecule has 1 heterocycles. The zero-order valence-electron chi connectivity index (χ0n) is 12.1. The molecule has 6 heteroatoms. The van der Waals surface area contributed by atoms with Crippen molar-refractivity contribution < 1.29 is 10.0 Å². The summed E-state index contributed by atoms with van der Waals surface area (Å²) in [6.45, 7) is 3.31. The third-order valence-corrected chi connectivity index (χ3v) is 3.67. The van der Waals surface area contributed by atoms with Crippen LogP contribution in [0.2, 0.25) is 0 Å². The molecule has 6 nitrogen and oxygen atoms in total. The van der Waals surface area contributed by atoms with E-state index in [0.29, 0.717) is 6.54 Å². The summed E-state index contributed by atoms with van der Waals surface area (Å²) in [4.78, 5) is 14.7. The number of nitro groups is 1. The van der Waals surface area contributed by atoms with E-state index in [4.69, 9.17) is 0 Å². The quantitative estimate of drug-likeness (QED) is 0.666. The molecule has 20 heavy (non-hydrogen) atoms. The molecule has 0 aliphatic carbocycles. The van der Waals surface area contributed by atoms with Gasteiger partial charge in [-0.1, -0.05) is 0 Å². The fourth-order valence-electron chi connectivity index (χ4n) is 2.86. The molecule has 1 aromatic rings. The maximum atomic E-state index is 10.8. The van der Waals surface area contributed by atoms with E-state index in [2.05, 4.69) is 9.80 Å². The van der Waals surface area contributed by atoms with Gasteiger partial charge in [-0.25, -0.2) is 0 Å². The lowest BCUT2D eigenvalue weighted by atomic mass is 10.1. The Morgan fingerprint density at radius 1 is 1.50 bits per heavy atom. The second kappa shape index (κ2) is 5.76. The van der Waals surface area contributed by atoms with Crippen molar-refractivity contribution in [3.8, 4) is 0 Å². The second-order valence-corrected chi connectivity index (χ2v) is 5.69. The zero-order chi connectivity index (χ0) is 14.9. The molecule has 0 radical (unpaired) electrons. The average molecular weight is 279 g/mol. The average Bonchev–Trinajstić information content (AvgIpc) is 2.68. The van der Waals surface area contributed by atoms with Crippen LogP contribution in [0.25, 0.3) is 0 Å². The highest BCUT2D eigenvalue weighted by molar-refractivity contribution is 5.58. The number of aliphatic hydroxyl groups is 1. The lowest BCUT2D eigenvalue weighted by molar-refractivity contribution is -0.384. The van der Waals surface area contributed by atoms with Gasteiger partial charge in [0.05, 0.1) is 11.0 Å². The van der Waals surface area contributed by atoms with Crippen molar-refractivity contribution in [2.45, 2.75) is 25.5 Å². The summed E-state index contributed by atoms with van der Waals surface area (Å²) in [5.74, 6) is 0. The molecule has 1 fully saturated rings. The Morgan fingerprint density at radius 3 is 2.75 bits per heavy atom.